The minimum absolute atomic E-state index is 0.144. The molecule has 146 valence electrons. The Balaban J connectivity index is 1.89. The van der Waals surface area contributed by atoms with E-state index < -0.39 is 0 Å². The van der Waals surface area contributed by atoms with Gasteiger partial charge in [0.2, 0.25) is 0 Å². The Morgan fingerprint density at radius 2 is 1.93 bits per heavy atom. The smallest absolute Gasteiger partial charge is 0.180 e. The minimum atomic E-state index is -0.332. The maximum atomic E-state index is 13.3. The van der Waals surface area contributed by atoms with E-state index in [4.69, 9.17) is 21.1 Å². The Kier molecular flexibility index (Phi) is 6.92. The third kappa shape index (κ3) is 5.38. The normalized spacial score (nSPS) is 11.1. The number of halogens is 3. The Labute approximate surface area is 182 Å². The predicted octanol–water partition coefficient (Wildman–Crippen LogP) is 6.89. The molecule has 0 aliphatic heterocycles. The summed E-state index contributed by atoms with van der Waals surface area (Å²) in [5.41, 5.74) is 2.65. The Morgan fingerprint density at radius 1 is 1.17 bits per heavy atom. The van der Waals surface area contributed by atoms with Crippen molar-refractivity contribution in [3.05, 3.63) is 92.7 Å². The van der Waals surface area contributed by atoms with Crippen LogP contribution in [0.1, 0.15) is 16.7 Å². The van der Waals surface area contributed by atoms with Gasteiger partial charge in [-0.2, -0.15) is 5.26 Å². The average molecular weight is 473 g/mol. The van der Waals surface area contributed by atoms with Gasteiger partial charge in [0.1, 0.15) is 12.4 Å². The van der Waals surface area contributed by atoms with Gasteiger partial charge in [-0.3, -0.25) is 0 Å². The van der Waals surface area contributed by atoms with Gasteiger partial charge in [0.15, 0.2) is 11.5 Å². The summed E-state index contributed by atoms with van der Waals surface area (Å²) in [7, 11) is 1.51. The second-order valence-corrected chi connectivity index (χ2v) is 7.45. The largest absolute Gasteiger partial charge is 0.493 e. The van der Waals surface area contributed by atoms with Crippen LogP contribution in [-0.2, 0) is 6.61 Å². The molecule has 3 nitrogen and oxygen atoms in total. The molecular weight excluding hydrogens is 457 g/mol. The molecule has 0 aliphatic carbocycles. The van der Waals surface area contributed by atoms with Crippen LogP contribution in [-0.4, -0.2) is 7.11 Å². The molecular formula is C23H16BrClFNO2. The summed E-state index contributed by atoms with van der Waals surface area (Å²) >= 11 is 9.79. The van der Waals surface area contributed by atoms with Crippen molar-refractivity contribution >= 4 is 39.2 Å². The number of nitriles is 1. The number of hydrogen-bond acceptors (Lipinski definition) is 3. The van der Waals surface area contributed by atoms with Gasteiger partial charge in [-0.05, 0) is 59.2 Å². The van der Waals surface area contributed by atoms with Crippen LogP contribution < -0.4 is 9.47 Å². The molecule has 0 radical (unpaired) electrons. The Bertz CT molecular complexity index is 1090. The summed E-state index contributed by atoms with van der Waals surface area (Å²) in [4.78, 5) is 0. The number of ether oxygens (including phenoxy) is 2. The molecule has 0 atom stereocenters. The molecule has 0 spiro atoms. The zero-order valence-corrected chi connectivity index (χ0v) is 17.8. The SMILES string of the molecule is COc1cc(/C=C(\C#N)c2ccc(Br)cc2)cc(Cl)c1OCc1cccc(F)c1. The molecule has 0 bridgehead atoms. The second-order valence-electron chi connectivity index (χ2n) is 6.13. The zero-order valence-electron chi connectivity index (χ0n) is 15.5. The maximum Gasteiger partial charge on any atom is 0.180 e. The fraction of sp³-hybridized carbons (Fsp3) is 0.0870. The van der Waals surface area contributed by atoms with E-state index in [9.17, 15) is 9.65 Å². The summed E-state index contributed by atoms with van der Waals surface area (Å²) in [6.45, 7) is 0.144. The first-order valence-corrected chi connectivity index (χ1v) is 9.80. The standard InChI is InChI=1S/C23H16BrClFNO2/c1-28-22-12-16(9-18(13-27)17-5-7-19(24)8-6-17)11-21(25)23(22)29-14-15-3-2-4-20(26)10-15/h2-12H,14H2,1H3/b18-9+. The van der Waals surface area contributed by atoms with Gasteiger partial charge in [0.05, 0.1) is 23.8 Å². The van der Waals surface area contributed by atoms with Crippen LogP contribution in [0.3, 0.4) is 0 Å². The number of hydrogen-bond donors (Lipinski definition) is 0. The van der Waals surface area contributed by atoms with E-state index in [1.54, 1.807) is 30.3 Å². The number of benzene rings is 3. The molecule has 0 saturated heterocycles. The highest BCUT2D eigenvalue weighted by atomic mass is 79.9. The summed E-state index contributed by atoms with van der Waals surface area (Å²) in [5, 5.41) is 9.88. The first-order valence-electron chi connectivity index (χ1n) is 8.62. The van der Waals surface area contributed by atoms with Crippen molar-refractivity contribution < 1.29 is 13.9 Å². The van der Waals surface area contributed by atoms with Gasteiger partial charge in [-0.15, -0.1) is 0 Å². The highest BCUT2D eigenvalue weighted by Gasteiger charge is 2.13. The summed E-state index contributed by atoms with van der Waals surface area (Å²) in [5.74, 6) is 0.451. The molecule has 0 heterocycles. The Morgan fingerprint density at radius 3 is 2.59 bits per heavy atom. The van der Waals surface area contributed by atoms with Crippen LogP contribution in [0.2, 0.25) is 5.02 Å². The van der Waals surface area contributed by atoms with Gasteiger partial charge in [0.25, 0.3) is 0 Å². The lowest BCUT2D eigenvalue weighted by atomic mass is 10.0. The molecule has 3 rings (SSSR count). The van der Waals surface area contributed by atoms with Gasteiger partial charge in [0, 0.05) is 4.47 Å². The van der Waals surface area contributed by atoms with Crippen molar-refractivity contribution in [3.8, 4) is 17.6 Å². The molecule has 0 saturated carbocycles. The lowest BCUT2D eigenvalue weighted by Gasteiger charge is -2.14. The summed E-state index contributed by atoms with van der Waals surface area (Å²) in [6.07, 6.45) is 1.73. The molecule has 0 unspecified atom stereocenters. The second kappa shape index (κ2) is 9.60. The lowest BCUT2D eigenvalue weighted by molar-refractivity contribution is 0.284. The minimum Gasteiger partial charge on any atom is -0.493 e. The van der Waals surface area contributed by atoms with Gasteiger partial charge in [-0.1, -0.05) is 51.8 Å². The molecule has 3 aromatic carbocycles. The first kappa shape index (κ1) is 20.9. The van der Waals surface area contributed by atoms with Crippen molar-refractivity contribution in [2.45, 2.75) is 6.61 Å². The van der Waals surface area contributed by atoms with Crippen molar-refractivity contribution in [2.24, 2.45) is 0 Å². The molecule has 0 fully saturated rings. The molecule has 0 aliphatic rings. The van der Waals surface area contributed by atoms with E-state index in [2.05, 4.69) is 22.0 Å². The molecule has 0 aromatic heterocycles. The molecule has 6 heteroatoms. The monoisotopic (exact) mass is 471 g/mol. The van der Waals surface area contributed by atoms with Crippen LogP contribution in [0.15, 0.2) is 65.1 Å². The average Bonchev–Trinajstić information content (AvgIpc) is 2.71. The number of nitrogens with zero attached hydrogens (tertiary/aromatic N) is 1. The first-order chi connectivity index (χ1) is 14.0. The highest BCUT2D eigenvalue weighted by Crippen LogP contribution is 2.38. The quantitative estimate of drug-likeness (QED) is 0.290. The Hall–Kier alpha value is -2.81. The van der Waals surface area contributed by atoms with E-state index in [-0.39, 0.29) is 12.4 Å². The third-order valence-electron chi connectivity index (χ3n) is 4.11. The van der Waals surface area contributed by atoms with Crippen LogP contribution in [0.25, 0.3) is 11.6 Å². The van der Waals surface area contributed by atoms with Gasteiger partial charge < -0.3 is 9.47 Å². The zero-order chi connectivity index (χ0) is 20.8. The molecule has 0 N–H and O–H groups in total. The lowest BCUT2D eigenvalue weighted by Crippen LogP contribution is -1.99. The predicted molar refractivity (Wildman–Crippen MR) is 116 cm³/mol. The summed E-state index contributed by atoms with van der Waals surface area (Å²) < 4.78 is 25.5. The van der Waals surface area contributed by atoms with E-state index in [1.165, 1.54) is 19.2 Å². The van der Waals surface area contributed by atoms with E-state index >= 15 is 0 Å². The molecule has 3 aromatic rings. The number of rotatable bonds is 6. The topological polar surface area (TPSA) is 42.2 Å². The van der Waals surface area contributed by atoms with Crippen molar-refractivity contribution in [1.29, 1.82) is 5.26 Å². The number of allylic oxidation sites excluding steroid dienone is 1. The van der Waals surface area contributed by atoms with Crippen LogP contribution >= 0.6 is 27.5 Å². The van der Waals surface area contributed by atoms with Crippen molar-refractivity contribution in [3.63, 3.8) is 0 Å². The van der Waals surface area contributed by atoms with E-state index in [1.807, 2.05) is 24.3 Å². The highest BCUT2D eigenvalue weighted by molar-refractivity contribution is 9.10. The third-order valence-corrected chi connectivity index (χ3v) is 4.92. The maximum absolute atomic E-state index is 13.3. The number of methoxy groups -OCH3 is 1. The van der Waals surface area contributed by atoms with Crippen molar-refractivity contribution in [1.82, 2.24) is 0 Å². The van der Waals surface area contributed by atoms with Crippen molar-refractivity contribution in [2.75, 3.05) is 7.11 Å². The van der Waals surface area contributed by atoms with Gasteiger partial charge >= 0.3 is 0 Å². The summed E-state index contributed by atoms with van der Waals surface area (Å²) in [6, 6.07) is 19.2. The van der Waals surface area contributed by atoms with E-state index in [0.29, 0.717) is 33.2 Å². The van der Waals surface area contributed by atoms with Crippen LogP contribution in [0.5, 0.6) is 11.5 Å². The molecule has 29 heavy (non-hydrogen) atoms. The fourth-order valence-electron chi connectivity index (χ4n) is 2.72. The van der Waals surface area contributed by atoms with Crippen LogP contribution in [0, 0.1) is 17.1 Å². The fourth-order valence-corrected chi connectivity index (χ4v) is 3.26. The van der Waals surface area contributed by atoms with Crippen LogP contribution in [0.4, 0.5) is 4.39 Å². The van der Waals surface area contributed by atoms with Gasteiger partial charge in [-0.25, -0.2) is 4.39 Å². The van der Waals surface area contributed by atoms with E-state index in [0.717, 1.165) is 10.0 Å². The molecule has 0 amide bonds.